The topological polar surface area (TPSA) is 95.4 Å². The van der Waals surface area contributed by atoms with E-state index in [9.17, 15) is 9.59 Å². The summed E-state index contributed by atoms with van der Waals surface area (Å²) in [6, 6.07) is 0. The third kappa shape index (κ3) is 0.620. The molecule has 4 N–H and O–H groups in total. The first kappa shape index (κ1) is 5.61. The van der Waals surface area contributed by atoms with Crippen LogP contribution in [0.5, 0.6) is 0 Å². The number of hydrogen-bond donors (Lipinski definition) is 2. The van der Waals surface area contributed by atoms with Crippen molar-refractivity contribution in [1.82, 2.24) is 0 Å². The molecule has 0 atom stereocenters. The minimum Gasteiger partial charge on any atom is -0.391 e. The number of hydrogen-bond acceptors (Lipinski definition) is 5. The predicted molar refractivity (Wildman–Crippen MR) is 26.5 cm³/mol. The van der Waals surface area contributed by atoms with Crippen molar-refractivity contribution >= 4 is 11.9 Å². The van der Waals surface area contributed by atoms with Gasteiger partial charge >= 0.3 is 11.9 Å². The smallest absolute Gasteiger partial charge is 0.364 e. The van der Waals surface area contributed by atoms with Gasteiger partial charge in [-0.25, -0.2) is 9.59 Å². The molecule has 5 nitrogen and oxygen atoms in total. The molecular weight excluding hydrogens is 124 g/mol. The van der Waals surface area contributed by atoms with Gasteiger partial charge in [0.15, 0.2) is 0 Å². The number of carbonyl (C=O) groups is 2. The van der Waals surface area contributed by atoms with Crippen LogP contribution in [0.25, 0.3) is 0 Å². The van der Waals surface area contributed by atoms with Crippen LogP contribution in [0.15, 0.2) is 11.4 Å². The van der Waals surface area contributed by atoms with Crippen molar-refractivity contribution in [3.63, 3.8) is 0 Å². The van der Waals surface area contributed by atoms with Gasteiger partial charge in [-0.2, -0.15) is 0 Å². The molecule has 0 saturated carbocycles. The zero-order chi connectivity index (χ0) is 7.02. The molecule has 0 saturated heterocycles. The SMILES string of the molecule is NC1=C(N)C(=O)OC1=O. The second-order valence-corrected chi connectivity index (χ2v) is 1.50. The number of carbonyl (C=O) groups excluding carboxylic acids is 2. The van der Waals surface area contributed by atoms with Gasteiger partial charge in [-0.05, 0) is 0 Å². The molecule has 1 aliphatic heterocycles. The fourth-order valence-corrected chi connectivity index (χ4v) is 0.414. The molecule has 0 spiro atoms. The number of nitrogens with two attached hydrogens (primary N) is 2. The van der Waals surface area contributed by atoms with Gasteiger partial charge in [0.25, 0.3) is 0 Å². The standard InChI is InChI=1S/C4H4N2O3/c5-1-2(6)4(8)9-3(1)7/h5-6H2. The summed E-state index contributed by atoms with van der Waals surface area (Å²) in [7, 11) is 0. The van der Waals surface area contributed by atoms with Crippen molar-refractivity contribution in [2.75, 3.05) is 0 Å². The molecule has 1 heterocycles. The van der Waals surface area contributed by atoms with E-state index in [1.165, 1.54) is 0 Å². The van der Waals surface area contributed by atoms with E-state index < -0.39 is 11.9 Å². The van der Waals surface area contributed by atoms with E-state index in [-0.39, 0.29) is 11.4 Å². The number of cyclic esters (lactones) is 2. The van der Waals surface area contributed by atoms with E-state index in [1.54, 1.807) is 0 Å². The van der Waals surface area contributed by atoms with Gasteiger partial charge in [-0.3, -0.25) is 0 Å². The minimum atomic E-state index is -0.863. The van der Waals surface area contributed by atoms with Crippen LogP contribution in [0.4, 0.5) is 0 Å². The fourth-order valence-electron chi connectivity index (χ4n) is 0.414. The van der Waals surface area contributed by atoms with Crippen LogP contribution in [0.3, 0.4) is 0 Å². The van der Waals surface area contributed by atoms with E-state index in [0.717, 1.165) is 0 Å². The van der Waals surface area contributed by atoms with Crippen molar-refractivity contribution in [2.24, 2.45) is 11.5 Å². The van der Waals surface area contributed by atoms with Crippen LogP contribution in [0, 0.1) is 0 Å². The van der Waals surface area contributed by atoms with Crippen LogP contribution in [0.2, 0.25) is 0 Å². The van der Waals surface area contributed by atoms with Gasteiger partial charge in [-0.1, -0.05) is 0 Å². The highest BCUT2D eigenvalue weighted by atomic mass is 16.6. The third-order valence-electron chi connectivity index (χ3n) is 0.915. The lowest BCUT2D eigenvalue weighted by Gasteiger charge is -1.83. The van der Waals surface area contributed by atoms with Crippen molar-refractivity contribution in [3.8, 4) is 0 Å². The summed E-state index contributed by atoms with van der Waals surface area (Å²) in [6.07, 6.45) is 0. The molecule has 0 aromatic carbocycles. The van der Waals surface area contributed by atoms with E-state index >= 15 is 0 Å². The monoisotopic (exact) mass is 128 g/mol. The van der Waals surface area contributed by atoms with Gasteiger partial charge in [0.1, 0.15) is 11.4 Å². The predicted octanol–water partition coefficient (Wildman–Crippen LogP) is -1.80. The summed E-state index contributed by atoms with van der Waals surface area (Å²) < 4.78 is 3.98. The average Bonchev–Trinajstić information content (AvgIpc) is 1.98. The zero-order valence-corrected chi connectivity index (χ0v) is 4.38. The maximum atomic E-state index is 10.3. The van der Waals surface area contributed by atoms with Gasteiger partial charge in [-0.15, -0.1) is 0 Å². The highest BCUT2D eigenvalue weighted by molar-refractivity contribution is 6.11. The molecule has 0 aromatic heterocycles. The number of ether oxygens (including phenoxy) is 1. The van der Waals surface area contributed by atoms with E-state index in [1.807, 2.05) is 0 Å². The lowest BCUT2D eigenvalue weighted by molar-refractivity contribution is -0.151. The van der Waals surface area contributed by atoms with Gasteiger partial charge in [0.2, 0.25) is 0 Å². The lowest BCUT2D eigenvalue weighted by Crippen LogP contribution is -2.11. The largest absolute Gasteiger partial charge is 0.391 e. The molecule has 0 amide bonds. The van der Waals surface area contributed by atoms with Crippen LogP contribution in [-0.2, 0) is 14.3 Å². The summed E-state index contributed by atoms with van der Waals surface area (Å²) in [4.78, 5) is 20.6. The zero-order valence-electron chi connectivity index (χ0n) is 4.38. The Bertz CT molecular complexity index is 196. The molecule has 9 heavy (non-hydrogen) atoms. The molecule has 0 bridgehead atoms. The minimum absolute atomic E-state index is 0.306. The maximum Gasteiger partial charge on any atom is 0.364 e. The fraction of sp³-hybridized carbons (Fsp3) is 0. The van der Waals surface area contributed by atoms with Crippen LogP contribution < -0.4 is 11.5 Å². The Morgan fingerprint density at radius 2 is 1.33 bits per heavy atom. The molecule has 0 fully saturated rings. The van der Waals surface area contributed by atoms with Gasteiger partial charge < -0.3 is 16.2 Å². The molecule has 1 rings (SSSR count). The van der Waals surface area contributed by atoms with Crippen molar-refractivity contribution < 1.29 is 14.3 Å². The summed E-state index contributed by atoms with van der Waals surface area (Å²) in [5, 5.41) is 0. The summed E-state index contributed by atoms with van der Waals surface area (Å²) in [5.41, 5.74) is 9.33. The van der Waals surface area contributed by atoms with Gasteiger partial charge in [0.05, 0.1) is 0 Å². The van der Waals surface area contributed by atoms with E-state index in [0.29, 0.717) is 0 Å². The lowest BCUT2D eigenvalue weighted by atomic mass is 10.4. The van der Waals surface area contributed by atoms with E-state index in [4.69, 9.17) is 11.5 Å². The van der Waals surface area contributed by atoms with Crippen LogP contribution >= 0.6 is 0 Å². The second-order valence-electron chi connectivity index (χ2n) is 1.50. The first-order chi connectivity index (χ1) is 4.13. The Labute approximate surface area is 50.3 Å². The average molecular weight is 128 g/mol. The van der Waals surface area contributed by atoms with Crippen LogP contribution in [-0.4, -0.2) is 11.9 Å². The Balaban J connectivity index is 3.06. The molecule has 0 unspecified atom stereocenters. The summed E-state index contributed by atoms with van der Waals surface area (Å²) in [6.45, 7) is 0. The molecule has 0 radical (unpaired) electrons. The Kier molecular flexibility index (Phi) is 0.921. The number of esters is 2. The highest BCUT2D eigenvalue weighted by Gasteiger charge is 2.28. The number of rotatable bonds is 0. The molecule has 5 heteroatoms. The molecular formula is C4H4N2O3. The van der Waals surface area contributed by atoms with Crippen LogP contribution in [0.1, 0.15) is 0 Å². The summed E-state index contributed by atoms with van der Waals surface area (Å²) >= 11 is 0. The Morgan fingerprint density at radius 3 is 1.44 bits per heavy atom. The first-order valence-electron chi connectivity index (χ1n) is 2.14. The van der Waals surface area contributed by atoms with Crippen molar-refractivity contribution in [1.29, 1.82) is 0 Å². The maximum absolute atomic E-state index is 10.3. The van der Waals surface area contributed by atoms with Crippen molar-refractivity contribution in [2.45, 2.75) is 0 Å². The molecule has 0 aliphatic carbocycles. The Morgan fingerprint density at radius 1 is 1.00 bits per heavy atom. The molecule has 0 aromatic rings. The van der Waals surface area contributed by atoms with Gasteiger partial charge in [0, 0.05) is 0 Å². The molecule has 48 valence electrons. The first-order valence-corrected chi connectivity index (χ1v) is 2.14. The highest BCUT2D eigenvalue weighted by Crippen LogP contribution is 2.05. The molecule has 1 aliphatic rings. The Hall–Kier alpha value is -1.52. The van der Waals surface area contributed by atoms with Crippen molar-refractivity contribution in [3.05, 3.63) is 11.4 Å². The quantitative estimate of drug-likeness (QED) is 0.296. The normalized spacial score (nSPS) is 18.7. The third-order valence-corrected chi connectivity index (χ3v) is 0.915. The van der Waals surface area contributed by atoms with E-state index in [2.05, 4.69) is 4.74 Å². The summed E-state index contributed by atoms with van der Waals surface area (Å²) in [5.74, 6) is -1.73. The second kappa shape index (κ2) is 1.48.